The van der Waals surface area contributed by atoms with Gasteiger partial charge in [0, 0.05) is 10.9 Å². The lowest BCUT2D eigenvalue weighted by atomic mass is 9.12. The smallest absolute Gasteiger partial charge is 0.220 e. The number of methoxy groups -OCH3 is 2. The van der Waals surface area contributed by atoms with E-state index in [0.717, 1.165) is 11.5 Å². The molecule has 0 aliphatic rings. The van der Waals surface area contributed by atoms with E-state index in [1.807, 2.05) is 35.6 Å². The van der Waals surface area contributed by atoms with Gasteiger partial charge in [0.2, 0.25) is 4.21 Å². The van der Waals surface area contributed by atoms with Crippen LogP contribution in [0.4, 0.5) is 87.8 Å². The van der Waals surface area contributed by atoms with E-state index >= 15 is 35.1 Å². The van der Waals surface area contributed by atoms with E-state index in [2.05, 4.69) is 67.6 Å². The Bertz CT molecular complexity index is 3050. The number of halogens is 20. The van der Waals surface area contributed by atoms with Gasteiger partial charge >= 0.3 is 0 Å². The summed E-state index contributed by atoms with van der Waals surface area (Å²) in [6.07, 6.45) is -7.22. The maximum Gasteiger partial charge on any atom is 0.220 e. The highest BCUT2D eigenvalue weighted by Crippen LogP contribution is 2.40. The molecule has 0 amide bonds. The molecule has 0 saturated carbocycles. The number of hydrogen-bond acceptors (Lipinski definition) is 3. The molecule has 0 unspecified atom stereocenters. The molecule has 7 aromatic carbocycles. The Kier molecular flexibility index (Phi) is 15.5. The SMILES string of the molecule is COc1ccc([S+](c2ccc(OC)cc2)c2ccc(-c3ccc(C)cc3)s2)cc1.Fc1c(F)c(F)c([B-](c2c(F)c(F)c(F)c(F)c2F)(c2c(F)c(F)c(F)c(F)c2F)c2c(F)c(F)c(F)c(F)c2F)c(F)c1F. The third kappa shape index (κ3) is 8.95. The van der Waals surface area contributed by atoms with Gasteiger partial charge in [0.25, 0.3) is 0 Å². The quantitative estimate of drug-likeness (QED) is 0.0447. The largest absolute Gasteiger partial charge is 0.497 e. The minimum atomic E-state index is -7.22. The molecule has 0 aliphatic carbocycles. The summed E-state index contributed by atoms with van der Waals surface area (Å²) in [7, 11) is 3.21. The van der Waals surface area contributed by atoms with E-state index in [-0.39, 0.29) is 10.9 Å². The van der Waals surface area contributed by atoms with E-state index in [1.54, 1.807) is 14.2 Å². The van der Waals surface area contributed by atoms with E-state index in [9.17, 15) is 52.7 Å². The lowest BCUT2D eigenvalue weighted by molar-refractivity contribution is 0.378. The molecule has 25 heteroatoms. The van der Waals surface area contributed by atoms with Crippen molar-refractivity contribution >= 4 is 50.2 Å². The van der Waals surface area contributed by atoms with Crippen molar-refractivity contribution in [3.63, 3.8) is 0 Å². The van der Waals surface area contributed by atoms with E-state index in [1.165, 1.54) is 30.0 Å². The highest BCUT2D eigenvalue weighted by molar-refractivity contribution is 7.99. The summed E-state index contributed by atoms with van der Waals surface area (Å²) in [6.45, 7) is 2.12. The Hall–Kier alpha value is -7.15. The zero-order valence-electron chi connectivity index (χ0n) is 36.9. The molecule has 0 fully saturated rings. The molecule has 74 heavy (non-hydrogen) atoms. The number of ether oxygens (including phenoxy) is 2. The molecule has 8 rings (SSSR count). The summed E-state index contributed by atoms with van der Waals surface area (Å²) in [5.74, 6) is -69.7. The van der Waals surface area contributed by atoms with Crippen LogP contribution >= 0.6 is 11.3 Å². The lowest BCUT2D eigenvalue weighted by Crippen LogP contribution is -2.81. The first-order valence-electron chi connectivity index (χ1n) is 20.3. The van der Waals surface area contributed by atoms with Crippen molar-refractivity contribution in [3.8, 4) is 21.9 Å². The standard InChI is InChI=1S/C25H23O2S2.C24BF20/c1-18-4-6-19(7-5-18)24-16-17-25(28-24)29(22-12-8-20(26-2)9-13-22)23-14-10-21(27-3)11-15-23;26-5-1(6(27)14(35)21(42)13(5)34)25(2-7(28)15(36)22(43)16(37)8(2)29,3-9(30)17(38)23(44)18(39)10(3)31)4-11(32)19(40)24(45)20(41)12(4)33/h4-17H,1-3H3;/q+1;-1. The molecule has 0 N–H and O–H groups in total. The van der Waals surface area contributed by atoms with Crippen LogP contribution in [0.25, 0.3) is 10.4 Å². The van der Waals surface area contributed by atoms with Crippen molar-refractivity contribution in [2.24, 2.45) is 0 Å². The molecule has 2 nitrogen and oxygen atoms in total. The summed E-state index contributed by atoms with van der Waals surface area (Å²) >= 11 is 1.86. The molecule has 1 aromatic heterocycles. The molecule has 1 heterocycles. The molecule has 0 spiro atoms. The van der Waals surface area contributed by atoms with Gasteiger partial charge in [-0.05, 0) is 67.1 Å². The predicted octanol–water partition coefficient (Wildman–Crippen LogP) is 12.7. The first-order valence-corrected chi connectivity index (χ1v) is 22.3. The monoisotopic (exact) mass is 1100 g/mol. The summed E-state index contributed by atoms with van der Waals surface area (Å²) in [4.78, 5) is 3.83. The van der Waals surface area contributed by atoms with Gasteiger partial charge in [0.05, 0.1) is 14.2 Å². The van der Waals surface area contributed by atoms with Crippen molar-refractivity contribution in [2.45, 2.75) is 20.9 Å². The highest BCUT2D eigenvalue weighted by atomic mass is 32.2. The van der Waals surface area contributed by atoms with Gasteiger partial charge in [-0.25, -0.2) is 87.8 Å². The van der Waals surface area contributed by atoms with E-state index < -0.39 is 144 Å². The van der Waals surface area contributed by atoms with Crippen molar-refractivity contribution in [1.29, 1.82) is 0 Å². The fourth-order valence-electron chi connectivity index (χ4n) is 7.97. The maximum atomic E-state index is 15.4. The van der Waals surface area contributed by atoms with E-state index in [4.69, 9.17) is 9.47 Å². The van der Waals surface area contributed by atoms with Crippen LogP contribution in [0, 0.1) is 123 Å². The Morgan fingerprint density at radius 3 is 0.838 bits per heavy atom. The van der Waals surface area contributed by atoms with E-state index in [0.29, 0.717) is 0 Å². The average molecular weight is 1100 g/mol. The number of hydrogen-bond donors (Lipinski definition) is 0. The minimum absolute atomic E-state index is 0.185. The lowest BCUT2D eigenvalue weighted by Gasteiger charge is -2.44. The van der Waals surface area contributed by atoms with Gasteiger partial charge < -0.3 is 9.47 Å². The Morgan fingerprint density at radius 2 is 0.581 bits per heavy atom. The van der Waals surface area contributed by atoms with Gasteiger partial charge in [-0.15, -0.1) is 21.9 Å². The molecule has 386 valence electrons. The molecule has 8 aromatic rings. The Labute approximate surface area is 410 Å². The second kappa shape index (κ2) is 21.0. The fourth-order valence-corrected chi connectivity index (χ4v) is 11.6. The molecule has 0 saturated heterocycles. The molecular weight excluding hydrogens is 1080 g/mol. The molecule has 0 atom stereocenters. The minimum Gasteiger partial charge on any atom is -0.497 e. The fraction of sp³-hybridized carbons (Fsp3) is 0.0612. The van der Waals surface area contributed by atoms with Crippen LogP contribution in [0.15, 0.2) is 98.9 Å². The summed E-state index contributed by atoms with van der Waals surface area (Å²) in [5, 5.41) is 0. The van der Waals surface area contributed by atoms with Crippen LogP contribution in [0.3, 0.4) is 0 Å². The Morgan fingerprint density at radius 1 is 0.324 bits per heavy atom. The number of aryl methyl sites for hydroxylation is 1. The van der Waals surface area contributed by atoms with Gasteiger partial charge in [-0.3, -0.25) is 0 Å². The molecular formula is C49H23BF20O2S2. The first-order chi connectivity index (χ1) is 34.9. The topological polar surface area (TPSA) is 18.5 Å². The zero-order chi connectivity index (χ0) is 54.6. The maximum absolute atomic E-state index is 15.4. The number of thiophene rings is 1. The first kappa shape index (κ1) is 54.6. The van der Waals surface area contributed by atoms with Gasteiger partial charge in [0.1, 0.15) is 75.1 Å². The molecule has 0 aliphatic heterocycles. The normalized spacial score (nSPS) is 11.6. The highest BCUT2D eigenvalue weighted by Gasteiger charge is 2.52. The third-order valence-corrected chi connectivity index (χ3v) is 15.1. The third-order valence-electron chi connectivity index (χ3n) is 11.4. The molecule has 0 bridgehead atoms. The van der Waals surface area contributed by atoms with Crippen molar-refractivity contribution in [1.82, 2.24) is 0 Å². The van der Waals surface area contributed by atoms with Crippen molar-refractivity contribution in [2.75, 3.05) is 14.2 Å². The Balaban J connectivity index is 0.000000237. The average Bonchev–Trinajstić information content (AvgIpc) is 3.89. The van der Waals surface area contributed by atoms with Crippen LogP contribution < -0.4 is 31.3 Å². The van der Waals surface area contributed by atoms with Crippen molar-refractivity contribution in [3.05, 3.63) is 207 Å². The second-order valence-corrected chi connectivity index (χ2v) is 18.8. The van der Waals surface area contributed by atoms with Gasteiger partial charge in [0.15, 0.2) is 79.6 Å². The van der Waals surface area contributed by atoms with Crippen molar-refractivity contribution < 1.29 is 97.3 Å². The summed E-state index contributed by atoms with van der Waals surface area (Å²) in [6, 6.07) is 30.0. The molecule has 0 radical (unpaired) electrons. The summed E-state index contributed by atoms with van der Waals surface area (Å²) in [5.41, 5.74) is -11.8. The zero-order valence-corrected chi connectivity index (χ0v) is 38.5. The van der Waals surface area contributed by atoms with Crippen LogP contribution in [-0.4, -0.2) is 20.4 Å². The van der Waals surface area contributed by atoms with Crippen LogP contribution in [0.1, 0.15) is 5.56 Å². The number of rotatable bonds is 10. The van der Waals surface area contributed by atoms with Gasteiger partial charge in [-0.1, -0.05) is 41.2 Å². The predicted molar refractivity (Wildman–Crippen MR) is 232 cm³/mol. The van der Waals surface area contributed by atoms with Crippen LogP contribution in [0.5, 0.6) is 11.5 Å². The van der Waals surface area contributed by atoms with Gasteiger partial charge in [-0.2, -0.15) is 0 Å². The van der Waals surface area contributed by atoms with Crippen LogP contribution in [0.2, 0.25) is 0 Å². The number of benzene rings is 7. The second-order valence-electron chi connectivity index (χ2n) is 15.4. The summed E-state index contributed by atoms with van der Waals surface area (Å²) < 4.78 is 306. The van der Waals surface area contributed by atoms with Crippen LogP contribution in [-0.2, 0) is 10.9 Å².